The van der Waals surface area contributed by atoms with E-state index in [1.165, 1.54) is 37.8 Å². The predicted octanol–water partition coefficient (Wildman–Crippen LogP) is 4.13. The van der Waals surface area contributed by atoms with Crippen LogP contribution < -0.4 is 0 Å². The van der Waals surface area contributed by atoms with Gasteiger partial charge < -0.3 is 15.3 Å². The number of phenolic OH excluding ortho intramolecular Hbond substituents is 3. The lowest BCUT2D eigenvalue weighted by molar-refractivity contribution is 0.0978. The summed E-state index contributed by atoms with van der Waals surface area (Å²) in [4.78, 5) is 11.9. The van der Waals surface area contributed by atoms with Gasteiger partial charge in [0.05, 0.1) is 0 Å². The van der Waals surface area contributed by atoms with Crippen LogP contribution in [0.1, 0.15) is 68.6 Å². The molecule has 0 radical (unpaired) electrons. The Morgan fingerprint density at radius 3 is 1.95 bits per heavy atom. The van der Waals surface area contributed by atoms with Crippen LogP contribution in [0, 0.1) is 0 Å². The van der Waals surface area contributed by atoms with Gasteiger partial charge in [-0.15, -0.1) is 0 Å². The van der Waals surface area contributed by atoms with E-state index in [0.29, 0.717) is 6.42 Å². The Labute approximate surface area is 120 Å². The van der Waals surface area contributed by atoms with Gasteiger partial charge >= 0.3 is 0 Å². The van der Waals surface area contributed by atoms with Crippen molar-refractivity contribution in [3.8, 4) is 17.2 Å². The first-order valence-corrected chi connectivity index (χ1v) is 7.34. The number of ketones is 1. The van der Waals surface area contributed by atoms with Crippen LogP contribution >= 0.6 is 0 Å². The Kier molecular flexibility index (Phi) is 6.91. The van der Waals surface area contributed by atoms with Gasteiger partial charge in [0, 0.05) is 12.0 Å². The zero-order valence-corrected chi connectivity index (χ0v) is 12.1. The summed E-state index contributed by atoms with van der Waals surface area (Å²) in [6.07, 6.45) is 8.33. The topological polar surface area (TPSA) is 77.8 Å². The number of carbonyl (C=O) groups is 1. The van der Waals surface area contributed by atoms with Crippen molar-refractivity contribution in [2.75, 3.05) is 0 Å². The van der Waals surface area contributed by atoms with E-state index in [-0.39, 0.29) is 11.3 Å². The highest BCUT2D eigenvalue weighted by atomic mass is 16.3. The van der Waals surface area contributed by atoms with E-state index in [2.05, 4.69) is 6.92 Å². The summed E-state index contributed by atoms with van der Waals surface area (Å²) < 4.78 is 0. The lowest BCUT2D eigenvalue weighted by Crippen LogP contribution is -1.99. The van der Waals surface area contributed by atoms with Gasteiger partial charge in [0.1, 0.15) is 0 Å². The molecule has 0 spiro atoms. The van der Waals surface area contributed by atoms with Crippen LogP contribution in [-0.4, -0.2) is 21.1 Å². The lowest BCUT2D eigenvalue weighted by atomic mass is 10.0. The molecule has 0 saturated heterocycles. The number of hydrogen-bond acceptors (Lipinski definition) is 4. The summed E-state index contributed by atoms with van der Waals surface area (Å²) in [6, 6.07) is 2.39. The molecule has 0 fully saturated rings. The fourth-order valence-electron chi connectivity index (χ4n) is 2.15. The SMILES string of the molecule is CCCCCCCCCC(=O)c1cc(O)c(O)c(O)c1. The van der Waals surface area contributed by atoms with E-state index in [1.807, 2.05) is 0 Å². The van der Waals surface area contributed by atoms with E-state index in [1.54, 1.807) is 0 Å². The zero-order chi connectivity index (χ0) is 15.0. The van der Waals surface area contributed by atoms with Crippen molar-refractivity contribution >= 4 is 5.78 Å². The minimum absolute atomic E-state index is 0.121. The maximum atomic E-state index is 11.9. The van der Waals surface area contributed by atoms with Crippen LogP contribution in [0.25, 0.3) is 0 Å². The van der Waals surface area contributed by atoms with E-state index >= 15 is 0 Å². The molecule has 0 unspecified atom stereocenters. The number of hydrogen-bond donors (Lipinski definition) is 3. The smallest absolute Gasteiger partial charge is 0.200 e. The Hall–Kier alpha value is -1.71. The molecular weight excluding hydrogens is 256 g/mol. The van der Waals surface area contributed by atoms with Crippen molar-refractivity contribution in [1.82, 2.24) is 0 Å². The molecule has 4 nitrogen and oxygen atoms in total. The van der Waals surface area contributed by atoms with E-state index in [0.717, 1.165) is 19.3 Å². The van der Waals surface area contributed by atoms with E-state index < -0.39 is 17.2 Å². The van der Waals surface area contributed by atoms with E-state index in [9.17, 15) is 20.1 Å². The fraction of sp³-hybridized carbons (Fsp3) is 0.562. The first-order chi connectivity index (χ1) is 9.56. The molecule has 0 bridgehead atoms. The predicted molar refractivity (Wildman–Crippen MR) is 78.4 cm³/mol. The second kappa shape index (κ2) is 8.46. The molecule has 3 N–H and O–H groups in total. The first kappa shape index (κ1) is 16.3. The van der Waals surface area contributed by atoms with Crippen molar-refractivity contribution in [3.63, 3.8) is 0 Å². The summed E-state index contributed by atoms with van der Waals surface area (Å²) in [5.41, 5.74) is 0.240. The molecule has 0 aliphatic heterocycles. The van der Waals surface area contributed by atoms with Gasteiger partial charge in [-0.05, 0) is 18.6 Å². The van der Waals surface area contributed by atoms with E-state index in [4.69, 9.17) is 0 Å². The van der Waals surface area contributed by atoms with Gasteiger partial charge in [-0.25, -0.2) is 0 Å². The molecule has 1 aromatic rings. The maximum absolute atomic E-state index is 11.9. The minimum Gasteiger partial charge on any atom is -0.504 e. The molecule has 0 aliphatic carbocycles. The molecule has 0 heterocycles. The zero-order valence-electron chi connectivity index (χ0n) is 12.1. The van der Waals surface area contributed by atoms with Crippen molar-refractivity contribution in [1.29, 1.82) is 0 Å². The van der Waals surface area contributed by atoms with Gasteiger partial charge in [0.25, 0.3) is 0 Å². The van der Waals surface area contributed by atoms with Crippen molar-refractivity contribution in [2.24, 2.45) is 0 Å². The van der Waals surface area contributed by atoms with Gasteiger partial charge in [0.2, 0.25) is 0 Å². The number of unbranched alkanes of at least 4 members (excludes halogenated alkanes) is 6. The van der Waals surface area contributed by atoms with Gasteiger partial charge in [-0.2, -0.15) is 0 Å². The Balaban J connectivity index is 2.33. The van der Waals surface area contributed by atoms with Crippen LogP contribution in [0.15, 0.2) is 12.1 Å². The Morgan fingerprint density at radius 1 is 0.900 bits per heavy atom. The molecule has 0 amide bonds. The standard InChI is InChI=1S/C16H24O4/c1-2-3-4-5-6-7-8-9-13(17)12-10-14(18)16(20)15(19)11-12/h10-11,18-20H,2-9H2,1H3. The van der Waals surface area contributed by atoms with Crippen LogP contribution in [0.3, 0.4) is 0 Å². The summed E-state index contributed by atoms with van der Waals surface area (Å²) in [7, 11) is 0. The third-order valence-corrected chi connectivity index (χ3v) is 3.40. The van der Waals surface area contributed by atoms with Gasteiger partial charge in [-0.1, -0.05) is 45.4 Å². The third kappa shape index (κ3) is 5.11. The highest BCUT2D eigenvalue weighted by Gasteiger charge is 2.13. The number of aromatic hydroxyl groups is 3. The second-order valence-electron chi connectivity index (χ2n) is 5.16. The molecule has 112 valence electrons. The largest absolute Gasteiger partial charge is 0.504 e. The average Bonchev–Trinajstić information content (AvgIpc) is 2.43. The average molecular weight is 280 g/mol. The molecule has 0 aromatic heterocycles. The van der Waals surface area contributed by atoms with Crippen LogP contribution in [0.5, 0.6) is 17.2 Å². The number of carbonyl (C=O) groups excluding carboxylic acids is 1. The lowest BCUT2D eigenvalue weighted by Gasteiger charge is -2.05. The summed E-state index contributed by atoms with van der Waals surface area (Å²) in [5.74, 6) is -1.64. The highest BCUT2D eigenvalue weighted by molar-refractivity contribution is 5.97. The first-order valence-electron chi connectivity index (χ1n) is 7.34. The molecule has 0 saturated carbocycles. The maximum Gasteiger partial charge on any atom is 0.200 e. The summed E-state index contributed by atoms with van der Waals surface area (Å²) >= 11 is 0. The number of benzene rings is 1. The third-order valence-electron chi connectivity index (χ3n) is 3.40. The molecule has 4 heteroatoms. The molecule has 0 aliphatic rings. The fourth-order valence-corrected chi connectivity index (χ4v) is 2.15. The van der Waals surface area contributed by atoms with Crippen molar-refractivity contribution in [3.05, 3.63) is 17.7 Å². The monoisotopic (exact) mass is 280 g/mol. The Morgan fingerprint density at radius 2 is 1.40 bits per heavy atom. The molecule has 20 heavy (non-hydrogen) atoms. The second-order valence-corrected chi connectivity index (χ2v) is 5.16. The van der Waals surface area contributed by atoms with Crippen LogP contribution in [0.4, 0.5) is 0 Å². The number of rotatable bonds is 9. The minimum atomic E-state index is -0.586. The summed E-state index contributed by atoms with van der Waals surface area (Å²) in [5, 5.41) is 27.9. The molecular formula is C16H24O4. The summed E-state index contributed by atoms with van der Waals surface area (Å²) in [6.45, 7) is 2.18. The van der Waals surface area contributed by atoms with Crippen LogP contribution in [-0.2, 0) is 0 Å². The molecule has 1 aromatic carbocycles. The van der Waals surface area contributed by atoms with Crippen molar-refractivity contribution < 1.29 is 20.1 Å². The van der Waals surface area contributed by atoms with Crippen molar-refractivity contribution in [2.45, 2.75) is 58.3 Å². The quantitative estimate of drug-likeness (QED) is 0.361. The van der Waals surface area contributed by atoms with Gasteiger partial charge in [-0.3, -0.25) is 4.79 Å². The van der Waals surface area contributed by atoms with Crippen LogP contribution in [0.2, 0.25) is 0 Å². The Bertz CT molecular complexity index is 417. The van der Waals surface area contributed by atoms with Gasteiger partial charge in [0.15, 0.2) is 23.0 Å². The highest BCUT2D eigenvalue weighted by Crippen LogP contribution is 2.35. The number of Topliss-reactive ketones (excluding diaryl/α,β-unsaturated/α-hetero) is 1. The molecule has 1 rings (SSSR count). The molecule has 0 atom stereocenters. The number of phenols is 3. The normalized spacial score (nSPS) is 10.7.